The van der Waals surface area contributed by atoms with Crippen LogP contribution in [0, 0.1) is 0 Å². The Bertz CT molecular complexity index is 878. The lowest BCUT2D eigenvalue weighted by molar-refractivity contribution is -0.119. The number of nitrogens with one attached hydrogen (secondary N) is 1. The van der Waals surface area contributed by atoms with E-state index in [1.807, 2.05) is 36.6 Å². The second kappa shape index (κ2) is 7.73. The van der Waals surface area contributed by atoms with Gasteiger partial charge in [0, 0.05) is 17.5 Å². The van der Waals surface area contributed by atoms with Crippen molar-refractivity contribution in [1.82, 2.24) is 9.29 Å². The van der Waals surface area contributed by atoms with E-state index in [2.05, 4.69) is 10.3 Å². The summed E-state index contributed by atoms with van der Waals surface area (Å²) in [7, 11) is -3.39. The molecular formula is C17H21N3O4S2. The Labute approximate surface area is 157 Å². The van der Waals surface area contributed by atoms with Crippen molar-refractivity contribution in [3.8, 4) is 17.0 Å². The van der Waals surface area contributed by atoms with Gasteiger partial charge in [0.15, 0.2) is 5.13 Å². The average Bonchev–Trinajstić information content (AvgIpc) is 3.24. The maximum absolute atomic E-state index is 12.5. The topological polar surface area (TPSA) is 88.6 Å². The molecule has 0 spiro atoms. The number of carbonyl (C=O) groups is 1. The van der Waals surface area contributed by atoms with Crippen LogP contribution in [0.4, 0.5) is 5.13 Å². The quantitative estimate of drug-likeness (QED) is 0.812. The molecule has 0 radical (unpaired) electrons. The van der Waals surface area contributed by atoms with Crippen molar-refractivity contribution in [3.63, 3.8) is 0 Å². The summed E-state index contributed by atoms with van der Waals surface area (Å²) in [6.07, 6.45) is 2.34. The molecule has 1 saturated heterocycles. The van der Waals surface area contributed by atoms with Crippen molar-refractivity contribution in [1.29, 1.82) is 0 Å². The number of thiazole rings is 1. The molecular weight excluding hydrogens is 374 g/mol. The monoisotopic (exact) mass is 395 g/mol. The molecule has 1 aliphatic heterocycles. The number of hydrogen-bond donors (Lipinski definition) is 1. The van der Waals surface area contributed by atoms with Crippen molar-refractivity contribution in [2.24, 2.45) is 0 Å². The summed E-state index contributed by atoms with van der Waals surface area (Å²) in [4.78, 5) is 16.9. The van der Waals surface area contributed by atoms with Crippen LogP contribution in [-0.4, -0.2) is 49.1 Å². The lowest BCUT2D eigenvalue weighted by atomic mass is 10.2. The molecule has 2 aromatic rings. The molecule has 1 unspecified atom stereocenters. The molecule has 1 fully saturated rings. The summed E-state index contributed by atoms with van der Waals surface area (Å²) in [5.74, 6) is 0.461. The van der Waals surface area contributed by atoms with Crippen LogP contribution in [-0.2, 0) is 14.8 Å². The minimum atomic E-state index is -3.39. The third kappa shape index (κ3) is 4.22. The van der Waals surface area contributed by atoms with Gasteiger partial charge in [0.05, 0.1) is 18.6 Å². The molecule has 1 aromatic heterocycles. The fourth-order valence-electron chi connectivity index (χ4n) is 2.94. The highest BCUT2D eigenvalue weighted by Gasteiger charge is 2.36. The Morgan fingerprint density at radius 3 is 2.77 bits per heavy atom. The molecule has 0 saturated carbocycles. The molecule has 9 heteroatoms. The molecule has 2 heterocycles. The Hall–Kier alpha value is -1.97. The van der Waals surface area contributed by atoms with Gasteiger partial charge in [-0.1, -0.05) is 0 Å². The third-order valence-electron chi connectivity index (χ3n) is 4.13. The average molecular weight is 396 g/mol. The minimum absolute atomic E-state index is 0.333. The van der Waals surface area contributed by atoms with Crippen molar-refractivity contribution >= 4 is 32.4 Å². The second-order valence-electron chi connectivity index (χ2n) is 6.02. The molecule has 0 bridgehead atoms. The fraction of sp³-hybridized carbons (Fsp3) is 0.412. The molecule has 1 aliphatic rings. The van der Waals surface area contributed by atoms with Crippen molar-refractivity contribution in [3.05, 3.63) is 29.6 Å². The predicted octanol–water partition coefficient (Wildman–Crippen LogP) is 2.57. The van der Waals surface area contributed by atoms with Crippen molar-refractivity contribution in [2.45, 2.75) is 25.8 Å². The molecule has 7 nitrogen and oxygen atoms in total. The number of amides is 1. The smallest absolute Gasteiger partial charge is 0.244 e. The Morgan fingerprint density at radius 1 is 1.38 bits per heavy atom. The minimum Gasteiger partial charge on any atom is -0.494 e. The summed E-state index contributed by atoms with van der Waals surface area (Å²) in [6.45, 7) is 2.92. The van der Waals surface area contributed by atoms with Crippen LogP contribution in [0.1, 0.15) is 19.8 Å². The van der Waals surface area contributed by atoms with Gasteiger partial charge in [0.25, 0.3) is 0 Å². The Morgan fingerprint density at radius 2 is 2.12 bits per heavy atom. The number of nitrogens with zero attached hydrogens (tertiary/aromatic N) is 2. The second-order valence-corrected chi connectivity index (χ2v) is 8.81. The molecule has 1 amide bonds. The van der Waals surface area contributed by atoms with Crippen molar-refractivity contribution in [2.75, 3.05) is 24.7 Å². The van der Waals surface area contributed by atoms with Crippen LogP contribution >= 0.6 is 11.3 Å². The van der Waals surface area contributed by atoms with E-state index in [9.17, 15) is 13.2 Å². The molecule has 26 heavy (non-hydrogen) atoms. The van der Waals surface area contributed by atoms with Crippen LogP contribution in [0.5, 0.6) is 5.75 Å². The van der Waals surface area contributed by atoms with E-state index < -0.39 is 16.1 Å². The van der Waals surface area contributed by atoms with E-state index in [0.717, 1.165) is 23.3 Å². The molecule has 1 aromatic carbocycles. The van der Waals surface area contributed by atoms with Gasteiger partial charge in [-0.15, -0.1) is 11.3 Å². The molecule has 3 rings (SSSR count). The van der Waals surface area contributed by atoms with Gasteiger partial charge in [-0.3, -0.25) is 4.79 Å². The maximum atomic E-state index is 12.5. The van der Waals surface area contributed by atoms with Gasteiger partial charge in [-0.05, 0) is 44.0 Å². The van der Waals surface area contributed by atoms with Gasteiger partial charge >= 0.3 is 0 Å². The highest BCUT2D eigenvalue weighted by atomic mass is 32.2. The van der Waals surface area contributed by atoms with E-state index in [1.54, 1.807) is 0 Å². The molecule has 1 N–H and O–H groups in total. The first-order chi connectivity index (χ1) is 12.4. The fourth-order valence-corrected chi connectivity index (χ4v) is 4.79. The number of benzene rings is 1. The summed E-state index contributed by atoms with van der Waals surface area (Å²) in [5.41, 5.74) is 1.67. The first kappa shape index (κ1) is 18.8. The number of hydrogen-bond acceptors (Lipinski definition) is 6. The Kier molecular flexibility index (Phi) is 5.59. The van der Waals surface area contributed by atoms with Gasteiger partial charge in [0.2, 0.25) is 15.9 Å². The van der Waals surface area contributed by atoms with E-state index in [1.165, 1.54) is 15.6 Å². The first-order valence-corrected chi connectivity index (χ1v) is 11.1. The molecule has 0 aliphatic carbocycles. The van der Waals surface area contributed by atoms with Crippen LogP contribution in [0.3, 0.4) is 0 Å². The van der Waals surface area contributed by atoms with Crippen LogP contribution in [0.25, 0.3) is 11.3 Å². The summed E-state index contributed by atoms with van der Waals surface area (Å²) in [6, 6.07) is 6.91. The number of sulfonamides is 1. The highest BCUT2D eigenvalue weighted by Crippen LogP contribution is 2.28. The number of carbonyl (C=O) groups excluding carboxylic acids is 1. The Balaban J connectivity index is 1.69. The van der Waals surface area contributed by atoms with Gasteiger partial charge in [0.1, 0.15) is 11.8 Å². The molecule has 140 valence electrons. The number of ether oxygens (including phenoxy) is 1. The number of anilines is 1. The van der Waals surface area contributed by atoms with Gasteiger partial charge in [-0.2, -0.15) is 4.31 Å². The van der Waals surface area contributed by atoms with Crippen molar-refractivity contribution < 1.29 is 17.9 Å². The number of aromatic nitrogens is 1. The molecule has 1 atom stereocenters. The predicted molar refractivity (Wildman–Crippen MR) is 102 cm³/mol. The summed E-state index contributed by atoms with van der Waals surface area (Å²) >= 11 is 1.31. The zero-order valence-electron chi connectivity index (χ0n) is 14.6. The zero-order chi connectivity index (χ0) is 18.7. The lowest BCUT2D eigenvalue weighted by Gasteiger charge is -2.20. The van der Waals surface area contributed by atoms with E-state index in [-0.39, 0.29) is 5.91 Å². The van der Waals surface area contributed by atoms with E-state index >= 15 is 0 Å². The van der Waals surface area contributed by atoms with E-state index in [4.69, 9.17) is 4.74 Å². The zero-order valence-corrected chi connectivity index (χ0v) is 16.3. The lowest BCUT2D eigenvalue weighted by Crippen LogP contribution is -2.42. The van der Waals surface area contributed by atoms with Crippen LogP contribution < -0.4 is 10.1 Å². The first-order valence-electron chi connectivity index (χ1n) is 8.35. The van der Waals surface area contributed by atoms with Crippen LogP contribution in [0.15, 0.2) is 29.6 Å². The third-order valence-corrected chi connectivity index (χ3v) is 6.17. The summed E-state index contributed by atoms with van der Waals surface area (Å²) < 4.78 is 30.2. The number of rotatable bonds is 6. The largest absolute Gasteiger partial charge is 0.494 e. The normalized spacial score (nSPS) is 18.0. The van der Waals surface area contributed by atoms with E-state index in [0.29, 0.717) is 31.1 Å². The standard InChI is InChI=1S/C17H21N3O4S2/c1-3-24-13-8-6-12(7-9-13)14-11-25-17(18-14)19-16(21)15-5-4-10-20(15)26(2,22)23/h6-9,11,15H,3-5,10H2,1-2H3,(H,18,19,21). The highest BCUT2D eigenvalue weighted by molar-refractivity contribution is 7.88. The van der Waals surface area contributed by atoms with Crippen LogP contribution in [0.2, 0.25) is 0 Å². The van der Waals surface area contributed by atoms with Gasteiger partial charge < -0.3 is 10.1 Å². The summed E-state index contributed by atoms with van der Waals surface area (Å²) in [5, 5.41) is 5.06. The maximum Gasteiger partial charge on any atom is 0.244 e. The SMILES string of the molecule is CCOc1ccc(-c2csc(NC(=O)C3CCCN3S(C)(=O)=O)n2)cc1. The van der Waals surface area contributed by atoms with Gasteiger partial charge in [-0.25, -0.2) is 13.4 Å².